The molecule has 0 atom stereocenters. The minimum Gasteiger partial charge on any atom is -0.505 e. The third-order valence-corrected chi connectivity index (χ3v) is 2.04. The van der Waals surface area contributed by atoms with Gasteiger partial charge in [-0.15, -0.1) is 0 Å². The molecule has 0 unspecified atom stereocenters. The molecule has 0 aliphatic rings. The van der Waals surface area contributed by atoms with Gasteiger partial charge in [-0.3, -0.25) is 0 Å². The maximum atomic E-state index is 12.7. The molecule has 1 aromatic carbocycles. The monoisotopic (exact) mass is 222 g/mol. The van der Waals surface area contributed by atoms with E-state index in [1.165, 1.54) is 12.1 Å². The highest BCUT2D eigenvalue weighted by Gasteiger charge is 2.10. The summed E-state index contributed by atoms with van der Waals surface area (Å²) < 4.78 is 25.1. The topological polar surface area (TPSA) is 20.2 Å². The highest BCUT2D eigenvalue weighted by Crippen LogP contribution is 2.26. The van der Waals surface area contributed by atoms with Crippen LogP contribution < -0.4 is 0 Å². The Kier molecular flexibility index (Phi) is 2.44. The number of alkyl halides is 1. The van der Waals surface area contributed by atoms with Crippen molar-refractivity contribution < 1.29 is 13.9 Å². The Morgan fingerprint density at radius 2 is 2.09 bits per heavy atom. The molecule has 1 rings (SSSR count). The number of rotatable bonds is 1. The molecule has 0 heterocycles. The van der Waals surface area contributed by atoms with Gasteiger partial charge in [0.1, 0.15) is 6.67 Å². The summed E-state index contributed by atoms with van der Waals surface area (Å²) in [4.78, 5) is 0. The zero-order valence-electron chi connectivity index (χ0n) is 5.44. The Labute approximate surface area is 70.8 Å². The molecule has 4 heteroatoms. The standard InChI is InChI=1S/C7H5BrF2O/c8-5-1-2-6(11)7(10)4(5)3-9/h1-2,11H,3H2. The fourth-order valence-electron chi connectivity index (χ4n) is 0.708. The van der Waals surface area contributed by atoms with E-state index in [1.807, 2.05) is 0 Å². The Bertz CT molecular complexity index is 275. The van der Waals surface area contributed by atoms with Gasteiger partial charge in [0.15, 0.2) is 11.6 Å². The van der Waals surface area contributed by atoms with Crippen LogP contribution in [0.5, 0.6) is 5.75 Å². The molecule has 0 aromatic heterocycles. The molecule has 1 N–H and O–H groups in total. The summed E-state index contributed by atoms with van der Waals surface area (Å²) in [5.74, 6) is -1.43. The summed E-state index contributed by atoms with van der Waals surface area (Å²) in [5, 5.41) is 8.79. The van der Waals surface area contributed by atoms with Crippen molar-refractivity contribution in [1.29, 1.82) is 0 Å². The molecule has 0 bridgehead atoms. The molecule has 0 aliphatic heterocycles. The second-order valence-electron chi connectivity index (χ2n) is 1.99. The summed E-state index contributed by atoms with van der Waals surface area (Å²) >= 11 is 2.95. The second kappa shape index (κ2) is 3.17. The predicted molar refractivity (Wildman–Crippen MR) is 40.6 cm³/mol. The first-order valence-corrected chi connectivity index (χ1v) is 3.68. The van der Waals surface area contributed by atoms with Gasteiger partial charge in [0.2, 0.25) is 0 Å². The molecule has 11 heavy (non-hydrogen) atoms. The van der Waals surface area contributed by atoms with Crippen molar-refractivity contribution in [2.24, 2.45) is 0 Å². The fraction of sp³-hybridized carbons (Fsp3) is 0.143. The SMILES string of the molecule is Oc1ccc(Br)c(CF)c1F. The Morgan fingerprint density at radius 3 is 2.55 bits per heavy atom. The van der Waals surface area contributed by atoms with Crippen LogP contribution in [-0.2, 0) is 6.67 Å². The quantitative estimate of drug-likeness (QED) is 0.775. The summed E-state index contributed by atoms with van der Waals surface area (Å²) in [6.07, 6.45) is 0. The molecule has 1 nitrogen and oxygen atoms in total. The lowest BCUT2D eigenvalue weighted by Gasteiger charge is -2.01. The van der Waals surface area contributed by atoms with Crippen molar-refractivity contribution >= 4 is 15.9 Å². The van der Waals surface area contributed by atoms with Crippen molar-refractivity contribution in [3.8, 4) is 5.75 Å². The van der Waals surface area contributed by atoms with E-state index < -0.39 is 18.2 Å². The van der Waals surface area contributed by atoms with E-state index in [0.29, 0.717) is 4.47 Å². The van der Waals surface area contributed by atoms with Crippen LogP contribution in [0.4, 0.5) is 8.78 Å². The highest BCUT2D eigenvalue weighted by molar-refractivity contribution is 9.10. The lowest BCUT2D eigenvalue weighted by Crippen LogP contribution is -1.88. The van der Waals surface area contributed by atoms with Gasteiger partial charge in [0, 0.05) is 10.0 Å². The van der Waals surface area contributed by atoms with Crippen molar-refractivity contribution in [3.05, 3.63) is 28.0 Å². The van der Waals surface area contributed by atoms with E-state index in [1.54, 1.807) is 0 Å². The van der Waals surface area contributed by atoms with E-state index in [-0.39, 0.29) is 5.56 Å². The van der Waals surface area contributed by atoms with E-state index in [4.69, 9.17) is 5.11 Å². The molecule has 1 aromatic rings. The van der Waals surface area contributed by atoms with Crippen LogP contribution in [0.2, 0.25) is 0 Å². The van der Waals surface area contributed by atoms with Gasteiger partial charge in [-0.1, -0.05) is 15.9 Å². The maximum Gasteiger partial charge on any atom is 0.171 e. The van der Waals surface area contributed by atoms with Crippen LogP contribution >= 0.6 is 15.9 Å². The van der Waals surface area contributed by atoms with Crippen LogP contribution in [0, 0.1) is 5.82 Å². The molecule has 0 aliphatic carbocycles. The summed E-state index contributed by atoms with van der Waals surface area (Å²) in [5.41, 5.74) is -0.148. The van der Waals surface area contributed by atoms with E-state index in [9.17, 15) is 8.78 Å². The molecule has 0 fully saturated rings. The highest BCUT2D eigenvalue weighted by atomic mass is 79.9. The molecular formula is C7H5BrF2O. The van der Waals surface area contributed by atoms with Crippen LogP contribution in [0.3, 0.4) is 0 Å². The summed E-state index contributed by atoms with van der Waals surface area (Å²) in [7, 11) is 0. The smallest absolute Gasteiger partial charge is 0.171 e. The zero-order chi connectivity index (χ0) is 8.43. The van der Waals surface area contributed by atoms with Gasteiger partial charge >= 0.3 is 0 Å². The van der Waals surface area contributed by atoms with Crippen molar-refractivity contribution in [2.45, 2.75) is 6.67 Å². The van der Waals surface area contributed by atoms with Gasteiger partial charge in [0.25, 0.3) is 0 Å². The number of phenolic OH excluding ortho intramolecular Hbond substituents is 1. The van der Waals surface area contributed by atoms with Crippen LogP contribution in [0.25, 0.3) is 0 Å². The molecule has 0 radical (unpaired) electrons. The Balaban J connectivity index is 3.29. The fourth-order valence-corrected chi connectivity index (χ4v) is 1.12. The number of aromatic hydroxyl groups is 1. The van der Waals surface area contributed by atoms with Gasteiger partial charge in [-0.2, -0.15) is 0 Å². The number of halogens is 3. The van der Waals surface area contributed by atoms with E-state index in [0.717, 1.165) is 0 Å². The Morgan fingerprint density at radius 1 is 1.45 bits per heavy atom. The lowest BCUT2D eigenvalue weighted by atomic mass is 10.2. The molecule has 0 saturated carbocycles. The molecule has 0 amide bonds. The van der Waals surface area contributed by atoms with Crippen molar-refractivity contribution in [3.63, 3.8) is 0 Å². The number of benzene rings is 1. The van der Waals surface area contributed by atoms with Gasteiger partial charge < -0.3 is 5.11 Å². The van der Waals surface area contributed by atoms with Gasteiger partial charge in [0.05, 0.1) is 0 Å². The number of hydrogen-bond acceptors (Lipinski definition) is 1. The first-order valence-electron chi connectivity index (χ1n) is 2.88. The average molecular weight is 223 g/mol. The van der Waals surface area contributed by atoms with Gasteiger partial charge in [-0.25, -0.2) is 8.78 Å². The summed E-state index contributed by atoms with van der Waals surface area (Å²) in [6, 6.07) is 2.56. The van der Waals surface area contributed by atoms with E-state index >= 15 is 0 Å². The maximum absolute atomic E-state index is 12.7. The first-order chi connectivity index (χ1) is 5.16. The second-order valence-corrected chi connectivity index (χ2v) is 2.85. The van der Waals surface area contributed by atoms with Crippen molar-refractivity contribution in [1.82, 2.24) is 0 Å². The molecule has 0 saturated heterocycles. The molecule has 60 valence electrons. The zero-order valence-corrected chi connectivity index (χ0v) is 7.03. The molecular weight excluding hydrogens is 218 g/mol. The van der Waals surface area contributed by atoms with Crippen LogP contribution in [-0.4, -0.2) is 5.11 Å². The minimum atomic E-state index is -0.930. The van der Waals surface area contributed by atoms with Crippen molar-refractivity contribution in [2.75, 3.05) is 0 Å². The van der Waals surface area contributed by atoms with Crippen LogP contribution in [0.15, 0.2) is 16.6 Å². The lowest BCUT2D eigenvalue weighted by molar-refractivity contribution is 0.410. The minimum absolute atomic E-state index is 0.148. The first kappa shape index (κ1) is 8.46. The normalized spacial score (nSPS) is 10.1. The Hall–Kier alpha value is -0.640. The number of hydrogen-bond donors (Lipinski definition) is 1. The predicted octanol–water partition coefficient (Wildman–Crippen LogP) is 2.76. The van der Waals surface area contributed by atoms with Crippen LogP contribution in [0.1, 0.15) is 5.56 Å². The third kappa shape index (κ3) is 1.50. The summed E-state index contributed by atoms with van der Waals surface area (Å²) in [6.45, 7) is -0.930. The number of phenols is 1. The average Bonchev–Trinajstić information content (AvgIpc) is 1.99. The van der Waals surface area contributed by atoms with Gasteiger partial charge in [-0.05, 0) is 12.1 Å². The largest absolute Gasteiger partial charge is 0.505 e. The third-order valence-electron chi connectivity index (χ3n) is 1.30. The van der Waals surface area contributed by atoms with E-state index in [2.05, 4.69) is 15.9 Å². The molecule has 0 spiro atoms.